The Balaban J connectivity index is 2.60. The topological polar surface area (TPSA) is 71.5 Å². The third-order valence-corrected chi connectivity index (χ3v) is 1.54. The Morgan fingerprint density at radius 3 is 2.69 bits per heavy atom. The molecule has 2 aromatic heterocycles. The highest BCUT2D eigenvalue weighted by molar-refractivity contribution is 5.54. The lowest BCUT2D eigenvalue weighted by atomic mass is 10.2. The van der Waals surface area contributed by atoms with Crippen molar-refractivity contribution in [2.45, 2.75) is 0 Å². The molecular formula is C8H6N4O. The highest BCUT2D eigenvalue weighted by Crippen LogP contribution is 2.06. The second-order valence-corrected chi connectivity index (χ2v) is 2.39. The van der Waals surface area contributed by atoms with Crippen molar-refractivity contribution in [2.75, 3.05) is 0 Å². The van der Waals surface area contributed by atoms with Gasteiger partial charge >= 0.3 is 0 Å². The van der Waals surface area contributed by atoms with Gasteiger partial charge in [0.2, 0.25) is 0 Å². The van der Waals surface area contributed by atoms with Gasteiger partial charge in [-0.3, -0.25) is 4.79 Å². The van der Waals surface area contributed by atoms with Gasteiger partial charge in [0.15, 0.2) is 0 Å². The van der Waals surface area contributed by atoms with E-state index in [1.54, 1.807) is 12.4 Å². The fourth-order valence-corrected chi connectivity index (χ4v) is 0.979. The van der Waals surface area contributed by atoms with Gasteiger partial charge in [0.25, 0.3) is 5.56 Å². The van der Waals surface area contributed by atoms with Crippen molar-refractivity contribution >= 4 is 0 Å². The van der Waals surface area contributed by atoms with E-state index >= 15 is 0 Å². The van der Waals surface area contributed by atoms with E-state index in [9.17, 15) is 4.79 Å². The number of aromatic amines is 1. The molecule has 2 rings (SSSR count). The molecule has 0 saturated heterocycles. The molecule has 0 aromatic carbocycles. The first-order valence-electron chi connectivity index (χ1n) is 3.67. The number of aromatic nitrogens is 4. The number of hydrogen-bond donors (Lipinski definition) is 1. The molecule has 0 aliphatic heterocycles. The summed E-state index contributed by atoms with van der Waals surface area (Å²) in [5.41, 5.74) is 0.713. The van der Waals surface area contributed by atoms with Crippen molar-refractivity contribution in [3.05, 3.63) is 41.5 Å². The maximum atomic E-state index is 11.2. The average molecular weight is 174 g/mol. The molecule has 64 valence electrons. The van der Waals surface area contributed by atoms with Crippen LogP contribution in [0.15, 0.2) is 35.9 Å². The van der Waals surface area contributed by atoms with Gasteiger partial charge in [-0.15, -0.1) is 0 Å². The summed E-state index contributed by atoms with van der Waals surface area (Å²) in [4.78, 5) is 25.3. The lowest BCUT2D eigenvalue weighted by molar-refractivity contribution is 1.11. The fraction of sp³-hybridized carbons (Fsp3) is 0. The average Bonchev–Trinajstić information content (AvgIpc) is 2.20. The first kappa shape index (κ1) is 7.60. The second-order valence-electron chi connectivity index (χ2n) is 2.39. The number of H-pyrrole nitrogens is 1. The van der Waals surface area contributed by atoms with Crippen molar-refractivity contribution < 1.29 is 0 Å². The summed E-state index contributed by atoms with van der Waals surface area (Å²) < 4.78 is 0. The van der Waals surface area contributed by atoms with Crippen LogP contribution in [0.25, 0.3) is 11.3 Å². The lowest BCUT2D eigenvalue weighted by Crippen LogP contribution is -2.09. The van der Waals surface area contributed by atoms with Crippen LogP contribution in [0, 0.1) is 0 Å². The molecule has 0 spiro atoms. The molecule has 2 heterocycles. The minimum Gasteiger partial charge on any atom is -0.326 e. The van der Waals surface area contributed by atoms with E-state index in [0.29, 0.717) is 11.3 Å². The summed E-state index contributed by atoms with van der Waals surface area (Å²) in [6.07, 6.45) is 7.50. The third-order valence-electron chi connectivity index (χ3n) is 1.54. The van der Waals surface area contributed by atoms with E-state index in [0.717, 1.165) is 0 Å². The molecular weight excluding hydrogens is 168 g/mol. The Kier molecular flexibility index (Phi) is 1.84. The molecule has 0 amide bonds. The molecule has 0 aliphatic carbocycles. The molecule has 0 fully saturated rings. The van der Waals surface area contributed by atoms with Crippen LogP contribution in [0.5, 0.6) is 0 Å². The quantitative estimate of drug-likeness (QED) is 0.671. The molecule has 0 saturated carbocycles. The van der Waals surface area contributed by atoms with E-state index in [-0.39, 0.29) is 5.56 Å². The first-order chi connectivity index (χ1) is 6.38. The van der Waals surface area contributed by atoms with Gasteiger partial charge in [0.1, 0.15) is 12.0 Å². The molecule has 0 unspecified atom stereocenters. The second kappa shape index (κ2) is 3.14. The van der Waals surface area contributed by atoms with Crippen LogP contribution in [0.3, 0.4) is 0 Å². The number of rotatable bonds is 1. The van der Waals surface area contributed by atoms with Crippen molar-refractivity contribution in [2.24, 2.45) is 0 Å². The van der Waals surface area contributed by atoms with Crippen LogP contribution < -0.4 is 5.56 Å². The smallest absolute Gasteiger partial charge is 0.274 e. The highest BCUT2D eigenvalue weighted by Gasteiger charge is 2.02. The molecule has 13 heavy (non-hydrogen) atoms. The Labute approximate surface area is 73.5 Å². The minimum absolute atomic E-state index is 0.239. The fourth-order valence-electron chi connectivity index (χ4n) is 0.979. The summed E-state index contributed by atoms with van der Waals surface area (Å²) in [7, 11) is 0. The van der Waals surface area contributed by atoms with Gasteiger partial charge in [-0.25, -0.2) is 15.0 Å². The Morgan fingerprint density at radius 1 is 1.23 bits per heavy atom. The summed E-state index contributed by atoms with van der Waals surface area (Å²) in [5, 5.41) is 0. The molecule has 5 heteroatoms. The zero-order chi connectivity index (χ0) is 9.10. The van der Waals surface area contributed by atoms with Crippen LogP contribution in [0.2, 0.25) is 0 Å². The highest BCUT2D eigenvalue weighted by atomic mass is 16.1. The van der Waals surface area contributed by atoms with Crippen molar-refractivity contribution in [3.63, 3.8) is 0 Å². The van der Waals surface area contributed by atoms with Crippen molar-refractivity contribution in [1.82, 2.24) is 19.9 Å². The normalized spacial score (nSPS) is 9.85. The van der Waals surface area contributed by atoms with Crippen molar-refractivity contribution in [3.8, 4) is 11.3 Å². The van der Waals surface area contributed by atoms with Gasteiger partial charge in [-0.2, -0.15) is 0 Å². The number of nitrogens with one attached hydrogen (secondary N) is 1. The maximum Gasteiger partial charge on any atom is 0.274 e. The summed E-state index contributed by atoms with van der Waals surface area (Å²) in [5.74, 6) is 0. The predicted octanol–water partition coefficient (Wildman–Crippen LogP) is 0.227. The zero-order valence-electron chi connectivity index (χ0n) is 6.64. The molecule has 1 N–H and O–H groups in total. The maximum absolute atomic E-state index is 11.2. The van der Waals surface area contributed by atoms with Gasteiger partial charge in [-0.1, -0.05) is 0 Å². The van der Waals surface area contributed by atoms with E-state index in [1.807, 2.05) is 0 Å². The SMILES string of the molecule is O=c1[nH]ccnc1-c1cncnc1. The third kappa shape index (κ3) is 1.44. The minimum atomic E-state index is -0.239. The molecule has 2 aromatic rings. The van der Waals surface area contributed by atoms with Crippen molar-refractivity contribution in [1.29, 1.82) is 0 Å². The molecule has 0 atom stereocenters. The number of hydrogen-bond acceptors (Lipinski definition) is 4. The van der Waals surface area contributed by atoms with E-state index < -0.39 is 0 Å². The lowest BCUT2D eigenvalue weighted by Gasteiger charge is -1.95. The summed E-state index contributed by atoms with van der Waals surface area (Å²) in [6, 6.07) is 0. The standard InChI is InChI=1S/C8H6N4O/c13-8-7(11-1-2-12-8)6-3-9-5-10-4-6/h1-5H,(H,12,13). The number of nitrogens with zero attached hydrogens (tertiary/aromatic N) is 3. The van der Waals surface area contributed by atoms with E-state index in [4.69, 9.17) is 0 Å². The zero-order valence-corrected chi connectivity index (χ0v) is 6.64. The molecule has 0 aliphatic rings. The predicted molar refractivity (Wildman–Crippen MR) is 45.9 cm³/mol. The summed E-state index contributed by atoms with van der Waals surface area (Å²) >= 11 is 0. The largest absolute Gasteiger partial charge is 0.326 e. The van der Waals surface area contributed by atoms with E-state index in [2.05, 4.69) is 19.9 Å². The van der Waals surface area contributed by atoms with Gasteiger partial charge in [0.05, 0.1) is 0 Å². The van der Waals surface area contributed by atoms with Gasteiger partial charge < -0.3 is 4.98 Å². The Morgan fingerprint density at radius 2 is 2.00 bits per heavy atom. The van der Waals surface area contributed by atoms with Crippen LogP contribution in [0.4, 0.5) is 0 Å². The summed E-state index contributed by atoms with van der Waals surface area (Å²) in [6.45, 7) is 0. The monoisotopic (exact) mass is 174 g/mol. The molecule has 5 nitrogen and oxygen atoms in total. The van der Waals surface area contributed by atoms with Crippen LogP contribution in [-0.2, 0) is 0 Å². The molecule has 0 radical (unpaired) electrons. The van der Waals surface area contributed by atoms with Crippen LogP contribution in [0.1, 0.15) is 0 Å². The van der Waals surface area contributed by atoms with Crippen LogP contribution in [-0.4, -0.2) is 19.9 Å². The van der Waals surface area contributed by atoms with Gasteiger partial charge in [0, 0.05) is 30.4 Å². The first-order valence-corrected chi connectivity index (χ1v) is 3.67. The Bertz CT molecular complexity index is 451. The van der Waals surface area contributed by atoms with E-state index in [1.165, 1.54) is 18.7 Å². The van der Waals surface area contributed by atoms with Crippen LogP contribution >= 0.6 is 0 Å². The molecule has 0 bridgehead atoms. The van der Waals surface area contributed by atoms with Gasteiger partial charge in [-0.05, 0) is 0 Å². The Hall–Kier alpha value is -2.04.